The molecule has 0 saturated carbocycles. The molecular weight excluding hydrogens is 485 g/mol. The first-order valence-electron chi connectivity index (χ1n) is 12.7. The molecule has 1 aliphatic heterocycles. The van der Waals surface area contributed by atoms with Crippen LogP contribution in [-0.4, -0.2) is 42.0 Å². The molecule has 1 aliphatic rings. The van der Waals surface area contributed by atoms with Crippen molar-refractivity contribution in [2.45, 2.75) is 32.7 Å². The lowest BCUT2D eigenvalue weighted by Gasteiger charge is -2.26. The Bertz CT molecular complexity index is 1320. The Morgan fingerprint density at radius 2 is 1.71 bits per heavy atom. The summed E-state index contributed by atoms with van der Waals surface area (Å²) in [5.74, 6) is -0.827. The minimum Gasteiger partial charge on any atom is -0.507 e. The molecule has 6 nitrogen and oxygen atoms in total. The fourth-order valence-corrected chi connectivity index (χ4v) is 4.49. The summed E-state index contributed by atoms with van der Waals surface area (Å²) in [7, 11) is 1.53. The SMILES string of the molecule is COc1cc(C2/C(=C(\O)c3ccc(F)cc3)C(=O)C(=O)N2CCc2ccccc2)ccc1OCCC(C)C. The van der Waals surface area contributed by atoms with E-state index in [0.29, 0.717) is 36.0 Å². The van der Waals surface area contributed by atoms with Crippen molar-refractivity contribution in [2.24, 2.45) is 5.92 Å². The van der Waals surface area contributed by atoms with Gasteiger partial charge >= 0.3 is 0 Å². The average molecular weight is 518 g/mol. The third-order valence-corrected chi connectivity index (χ3v) is 6.60. The Labute approximate surface area is 222 Å². The van der Waals surface area contributed by atoms with E-state index >= 15 is 0 Å². The van der Waals surface area contributed by atoms with Crippen molar-refractivity contribution in [3.63, 3.8) is 0 Å². The van der Waals surface area contributed by atoms with Crippen LogP contribution in [0.1, 0.15) is 43.0 Å². The number of carbonyl (C=O) groups is 2. The quantitative estimate of drug-likeness (QED) is 0.205. The summed E-state index contributed by atoms with van der Waals surface area (Å²) in [4.78, 5) is 28.0. The zero-order chi connectivity index (χ0) is 27.2. The van der Waals surface area contributed by atoms with Gasteiger partial charge in [0.25, 0.3) is 11.7 Å². The number of nitrogens with zero attached hydrogens (tertiary/aromatic N) is 1. The number of aliphatic hydroxyl groups is 1. The summed E-state index contributed by atoms with van der Waals surface area (Å²) in [6.07, 6.45) is 1.40. The zero-order valence-corrected chi connectivity index (χ0v) is 21.8. The van der Waals surface area contributed by atoms with Gasteiger partial charge in [0.05, 0.1) is 25.3 Å². The number of aliphatic hydroxyl groups excluding tert-OH is 1. The number of carbonyl (C=O) groups excluding carboxylic acids is 2. The standard InChI is InChI=1S/C31H32FNO5/c1-20(2)16-18-38-25-14-11-23(19-26(25)37-3)28-27(29(34)22-9-12-24(32)13-10-22)30(35)31(36)33(28)17-15-21-7-5-4-6-8-21/h4-14,19-20,28,34H,15-18H2,1-3H3/b29-27+. The van der Waals surface area contributed by atoms with E-state index in [-0.39, 0.29) is 23.4 Å². The Kier molecular flexibility index (Phi) is 8.46. The highest BCUT2D eigenvalue weighted by molar-refractivity contribution is 6.46. The van der Waals surface area contributed by atoms with Gasteiger partial charge in [0.15, 0.2) is 11.5 Å². The third kappa shape index (κ3) is 5.88. The van der Waals surface area contributed by atoms with E-state index in [1.54, 1.807) is 18.2 Å². The number of hydrogen-bond acceptors (Lipinski definition) is 5. The van der Waals surface area contributed by atoms with Gasteiger partial charge in [-0.15, -0.1) is 0 Å². The molecule has 0 aromatic heterocycles. The molecule has 1 N–H and O–H groups in total. The molecule has 0 bridgehead atoms. The van der Waals surface area contributed by atoms with Crippen LogP contribution in [0.3, 0.4) is 0 Å². The number of rotatable bonds is 10. The molecule has 0 aliphatic carbocycles. The molecule has 198 valence electrons. The van der Waals surface area contributed by atoms with Gasteiger partial charge < -0.3 is 19.5 Å². The van der Waals surface area contributed by atoms with E-state index in [0.717, 1.165) is 12.0 Å². The largest absolute Gasteiger partial charge is 0.507 e. The number of likely N-dealkylation sites (tertiary alicyclic amines) is 1. The topological polar surface area (TPSA) is 76.1 Å². The normalized spacial score (nSPS) is 16.8. The van der Waals surface area contributed by atoms with Gasteiger partial charge in [-0.3, -0.25) is 9.59 Å². The Morgan fingerprint density at radius 3 is 2.37 bits per heavy atom. The van der Waals surface area contributed by atoms with Gasteiger partial charge in [0, 0.05) is 12.1 Å². The molecule has 3 aromatic carbocycles. The van der Waals surface area contributed by atoms with Crippen molar-refractivity contribution in [1.29, 1.82) is 0 Å². The van der Waals surface area contributed by atoms with Gasteiger partial charge in [-0.2, -0.15) is 0 Å². The number of hydrogen-bond donors (Lipinski definition) is 1. The molecule has 7 heteroatoms. The lowest BCUT2D eigenvalue weighted by atomic mass is 9.94. The molecule has 1 fully saturated rings. The second kappa shape index (κ2) is 11.9. The zero-order valence-electron chi connectivity index (χ0n) is 21.8. The number of amides is 1. The van der Waals surface area contributed by atoms with Gasteiger partial charge in [0.1, 0.15) is 11.6 Å². The molecule has 4 rings (SSSR count). The fourth-order valence-electron chi connectivity index (χ4n) is 4.49. The highest BCUT2D eigenvalue weighted by Crippen LogP contribution is 2.42. The van der Waals surface area contributed by atoms with Crippen molar-refractivity contribution in [1.82, 2.24) is 4.90 Å². The highest BCUT2D eigenvalue weighted by Gasteiger charge is 2.46. The second-order valence-corrected chi connectivity index (χ2v) is 9.68. The summed E-state index contributed by atoms with van der Waals surface area (Å²) in [6.45, 7) is 5.01. The van der Waals surface area contributed by atoms with Crippen molar-refractivity contribution < 1.29 is 28.6 Å². The lowest BCUT2D eigenvalue weighted by Crippen LogP contribution is -2.31. The minimum atomic E-state index is -0.859. The highest BCUT2D eigenvalue weighted by atomic mass is 19.1. The molecule has 0 radical (unpaired) electrons. The van der Waals surface area contributed by atoms with E-state index in [4.69, 9.17) is 9.47 Å². The van der Waals surface area contributed by atoms with Gasteiger partial charge in [0.2, 0.25) is 0 Å². The molecule has 1 atom stereocenters. The van der Waals surface area contributed by atoms with Crippen molar-refractivity contribution >= 4 is 17.4 Å². The van der Waals surface area contributed by atoms with Crippen LogP contribution in [-0.2, 0) is 16.0 Å². The molecule has 1 saturated heterocycles. The number of benzene rings is 3. The maximum Gasteiger partial charge on any atom is 0.295 e. The fraction of sp³-hybridized carbons (Fsp3) is 0.290. The molecular formula is C31H32FNO5. The summed E-state index contributed by atoms with van der Waals surface area (Å²) < 4.78 is 25.0. The van der Waals surface area contributed by atoms with E-state index in [9.17, 15) is 19.1 Å². The van der Waals surface area contributed by atoms with Crippen LogP contribution in [0.4, 0.5) is 4.39 Å². The van der Waals surface area contributed by atoms with E-state index in [1.807, 2.05) is 30.3 Å². The van der Waals surface area contributed by atoms with Crippen LogP contribution in [0.2, 0.25) is 0 Å². The molecule has 3 aromatic rings. The van der Waals surface area contributed by atoms with E-state index in [1.165, 1.54) is 36.3 Å². The summed E-state index contributed by atoms with van der Waals surface area (Å²) in [5, 5.41) is 11.2. The van der Waals surface area contributed by atoms with Gasteiger partial charge in [-0.1, -0.05) is 50.2 Å². The minimum absolute atomic E-state index is 0.0507. The first-order chi connectivity index (χ1) is 18.3. The molecule has 0 spiro atoms. The van der Waals surface area contributed by atoms with Crippen LogP contribution in [0, 0.1) is 11.7 Å². The van der Waals surface area contributed by atoms with Crippen LogP contribution >= 0.6 is 0 Å². The van der Waals surface area contributed by atoms with Crippen molar-refractivity contribution in [3.05, 3.63) is 101 Å². The van der Waals surface area contributed by atoms with Gasteiger partial charge in [-0.25, -0.2) is 4.39 Å². The summed E-state index contributed by atoms with van der Waals surface area (Å²) in [5.41, 5.74) is 1.80. The molecule has 1 unspecified atom stereocenters. The summed E-state index contributed by atoms with van der Waals surface area (Å²) >= 11 is 0. The number of Topliss-reactive ketones (excluding diaryl/α,β-unsaturated/α-hetero) is 1. The van der Waals surface area contributed by atoms with Gasteiger partial charge in [-0.05, 0) is 66.3 Å². The molecule has 38 heavy (non-hydrogen) atoms. The smallest absolute Gasteiger partial charge is 0.295 e. The predicted molar refractivity (Wildman–Crippen MR) is 143 cm³/mol. The Hall–Kier alpha value is -4.13. The first-order valence-corrected chi connectivity index (χ1v) is 12.7. The number of halogens is 1. The van der Waals surface area contributed by atoms with E-state index < -0.39 is 23.5 Å². The van der Waals surface area contributed by atoms with Crippen LogP contribution in [0.5, 0.6) is 11.5 Å². The van der Waals surface area contributed by atoms with Crippen LogP contribution in [0.15, 0.2) is 78.4 Å². The van der Waals surface area contributed by atoms with Crippen LogP contribution < -0.4 is 9.47 Å². The number of methoxy groups -OCH3 is 1. The van der Waals surface area contributed by atoms with Crippen molar-refractivity contribution in [3.8, 4) is 11.5 Å². The average Bonchev–Trinajstić information content (AvgIpc) is 3.17. The number of ether oxygens (including phenoxy) is 2. The van der Waals surface area contributed by atoms with E-state index in [2.05, 4.69) is 13.8 Å². The number of ketones is 1. The lowest BCUT2D eigenvalue weighted by molar-refractivity contribution is -0.139. The Morgan fingerprint density at radius 1 is 1.00 bits per heavy atom. The predicted octanol–water partition coefficient (Wildman–Crippen LogP) is 5.92. The Balaban J connectivity index is 1.76. The maximum atomic E-state index is 13.5. The maximum absolute atomic E-state index is 13.5. The molecule has 1 heterocycles. The first kappa shape index (κ1) is 26.9. The van der Waals surface area contributed by atoms with Crippen LogP contribution in [0.25, 0.3) is 5.76 Å². The molecule has 1 amide bonds. The second-order valence-electron chi connectivity index (χ2n) is 9.68. The van der Waals surface area contributed by atoms with Crippen molar-refractivity contribution in [2.75, 3.05) is 20.3 Å². The monoisotopic (exact) mass is 517 g/mol. The third-order valence-electron chi connectivity index (χ3n) is 6.60. The summed E-state index contributed by atoms with van der Waals surface area (Å²) in [6, 6.07) is 19.2.